The summed E-state index contributed by atoms with van der Waals surface area (Å²) >= 11 is 0. The molecule has 45 heavy (non-hydrogen) atoms. The number of rotatable bonds is 29. The van der Waals surface area contributed by atoms with Crippen molar-refractivity contribution in [2.45, 2.75) is 192 Å². The quantitative estimate of drug-likeness (QED) is 0.0620. The molecule has 1 fully saturated rings. The summed E-state index contributed by atoms with van der Waals surface area (Å²) in [6, 6.07) is -1.01. The predicted octanol–water partition coefficient (Wildman–Crippen LogP) is 5.03. The number of aliphatic hydroxyl groups excluding tert-OH is 4. The maximum Gasteiger partial charge on any atom is 0.244 e. The molecular weight excluding hydrogens is 576 g/mol. The van der Waals surface area contributed by atoms with Gasteiger partial charge in [0.1, 0.15) is 30.5 Å². The van der Waals surface area contributed by atoms with Gasteiger partial charge in [-0.1, -0.05) is 136 Å². The molecule has 0 aromatic carbocycles. The molecule has 0 unspecified atom stereocenters. The maximum atomic E-state index is 13.0. The van der Waals surface area contributed by atoms with Gasteiger partial charge in [0.25, 0.3) is 0 Å². The molecule has 1 saturated heterocycles. The summed E-state index contributed by atoms with van der Waals surface area (Å²) in [5.74, 6) is -0.635. The minimum Gasteiger partial charge on any atom is -0.394 e. The molecule has 266 valence electrons. The second kappa shape index (κ2) is 27.8. The Hall–Kier alpha value is -1.30. The lowest BCUT2D eigenvalue weighted by Gasteiger charge is -2.39. The van der Waals surface area contributed by atoms with Crippen molar-refractivity contribution in [3.63, 3.8) is 0 Å². The number of hydrogen-bond donors (Lipinski definition) is 6. The van der Waals surface area contributed by atoms with Gasteiger partial charge in [-0.15, -0.1) is 0 Å². The highest BCUT2D eigenvalue weighted by molar-refractivity contribution is 5.87. The lowest BCUT2D eigenvalue weighted by molar-refractivity contribution is -0.301. The fourth-order valence-corrected chi connectivity index (χ4v) is 5.74. The summed E-state index contributed by atoms with van der Waals surface area (Å²) in [4.78, 5) is 25.8. The summed E-state index contributed by atoms with van der Waals surface area (Å²) in [7, 11) is 0. The van der Waals surface area contributed by atoms with E-state index in [4.69, 9.17) is 9.47 Å². The van der Waals surface area contributed by atoms with Gasteiger partial charge < -0.3 is 40.5 Å². The number of unbranched alkanes of at least 4 members (excludes halogenated alkanes) is 19. The largest absolute Gasteiger partial charge is 0.394 e. The van der Waals surface area contributed by atoms with Gasteiger partial charge >= 0.3 is 0 Å². The van der Waals surface area contributed by atoms with E-state index in [1.807, 2.05) is 0 Å². The number of carbonyl (C=O) groups is 2. The highest BCUT2D eigenvalue weighted by Crippen LogP contribution is 2.22. The average molecular weight is 645 g/mol. The Bertz CT molecular complexity index is 726. The van der Waals surface area contributed by atoms with Crippen LogP contribution in [0.3, 0.4) is 0 Å². The monoisotopic (exact) mass is 644 g/mol. The molecule has 6 atom stereocenters. The van der Waals surface area contributed by atoms with Gasteiger partial charge in [0.2, 0.25) is 11.8 Å². The highest BCUT2D eigenvalue weighted by atomic mass is 16.7. The van der Waals surface area contributed by atoms with Crippen LogP contribution < -0.4 is 10.6 Å². The molecule has 6 N–H and O–H groups in total. The van der Waals surface area contributed by atoms with Crippen LogP contribution in [0.1, 0.15) is 155 Å². The van der Waals surface area contributed by atoms with Crippen molar-refractivity contribution < 1.29 is 39.5 Å². The first-order valence-electron chi connectivity index (χ1n) is 18.3. The fraction of sp³-hybridized carbons (Fsp3) is 0.943. The Morgan fingerprint density at radius 3 is 1.62 bits per heavy atom. The van der Waals surface area contributed by atoms with Crippen LogP contribution in [0, 0.1) is 0 Å². The highest BCUT2D eigenvalue weighted by Gasteiger charge is 2.44. The number of nitrogens with one attached hydrogen (secondary N) is 2. The first kappa shape index (κ1) is 41.7. The molecule has 0 spiro atoms. The number of hydrogen-bond acceptors (Lipinski definition) is 8. The van der Waals surface area contributed by atoms with E-state index in [2.05, 4.69) is 24.5 Å². The summed E-state index contributed by atoms with van der Waals surface area (Å²) in [6.07, 6.45) is 18.1. The average Bonchev–Trinajstić information content (AvgIpc) is 3.04. The third-order valence-electron chi connectivity index (χ3n) is 8.76. The second-order valence-electron chi connectivity index (χ2n) is 12.9. The lowest BCUT2D eigenvalue weighted by Crippen LogP contribution is -2.60. The van der Waals surface area contributed by atoms with Crippen molar-refractivity contribution in [1.82, 2.24) is 10.6 Å². The Labute approximate surface area is 273 Å². The summed E-state index contributed by atoms with van der Waals surface area (Å²) in [5, 5.41) is 45.5. The van der Waals surface area contributed by atoms with Gasteiger partial charge in [-0.25, -0.2) is 0 Å². The molecule has 0 aliphatic carbocycles. The zero-order valence-electron chi connectivity index (χ0n) is 28.6. The molecule has 1 aliphatic rings. The first-order valence-corrected chi connectivity index (χ1v) is 18.3. The predicted molar refractivity (Wildman–Crippen MR) is 178 cm³/mol. The van der Waals surface area contributed by atoms with Crippen molar-refractivity contribution in [3.05, 3.63) is 0 Å². The molecule has 2 amide bonds. The molecule has 1 rings (SSSR count). The van der Waals surface area contributed by atoms with Crippen molar-refractivity contribution >= 4 is 11.8 Å². The molecule has 0 bridgehead atoms. The summed E-state index contributed by atoms with van der Waals surface area (Å²) < 4.78 is 11.0. The van der Waals surface area contributed by atoms with Crippen LogP contribution in [0.25, 0.3) is 0 Å². The SMILES string of the molecule is CCCCCCCCCCCCCCCC(=O)N[C@@H](CO[C@H]1O[C@H](CO)[C@H](O)[C@H](O)[C@H]1O)C(=O)NCCCCCCCCCC. The normalized spacial score (nSPS) is 22.3. The van der Waals surface area contributed by atoms with Crippen molar-refractivity contribution in [2.24, 2.45) is 0 Å². The van der Waals surface area contributed by atoms with Crippen LogP contribution in [0.4, 0.5) is 0 Å². The van der Waals surface area contributed by atoms with Gasteiger partial charge in [-0.2, -0.15) is 0 Å². The third kappa shape index (κ3) is 19.8. The first-order chi connectivity index (χ1) is 21.8. The molecular formula is C35H68N2O8. The molecule has 1 aliphatic heterocycles. The van der Waals surface area contributed by atoms with Crippen molar-refractivity contribution in [2.75, 3.05) is 19.8 Å². The molecule has 0 radical (unpaired) electrons. The molecule has 0 aromatic rings. The van der Waals surface area contributed by atoms with Crippen LogP contribution >= 0.6 is 0 Å². The van der Waals surface area contributed by atoms with E-state index in [0.717, 1.165) is 38.5 Å². The number of carbonyl (C=O) groups excluding carboxylic acids is 2. The molecule has 10 nitrogen and oxygen atoms in total. The van der Waals surface area contributed by atoms with Gasteiger partial charge in [-0.3, -0.25) is 9.59 Å². The third-order valence-corrected chi connectivity index (χ3v) is 8.76. The number of ether oxygens (including phenoxy) is 2. The van der Waals surface area contributed by atoms with Crippen LogP contribution in [-0.4, -0.2) is 88.7 Å². The minimum absolute atomic E-state index is 0.247. The van der Waals surface area contributed by atoms with E-state index in [1.165, 1.54) is 96.3 Å². The molecule has 10 heteroatoms. The van der Waals surface area contributed by atoms with Gasteiger partial charge in [0.05, 0.1) is 13.2 Å². The second-order valence-corrected chi connectivity index (χ2v) is 12.9. The summed E-state index contributed by atoms with van der Waals surface area (Å²) in [5.41, 5.74) is 0. The minimum atomic E-state index is -1.58. The molecule has 0 saturated carbocycles. The van der Waals surface area contributed by atoms with E-state index in [1.54, 1.807) is 0 Å². The maximum absolute atomic E-state index is 13.0. The van der Waals surface area contributed by atoms with Gasteiger partial charge in [0.15, 0.2) is 6.29 Å². The molecule has 0 aromatic heterocycles. The van der Waals surface area contributed by atoms with Crippen molar-refractivity contribution in [1.29, 1.82) is 0 Å². The summed E-state index contributed by atoms with van der Waals surface area (Å²) in [6.45, 7) is 4.06. The number of amides is 2. The zero-order chi connectivity index (χ0) is 33.1. The topological polar surface area (TPSA) is 158 Å². The van der Waals surface area contributed by atoms with E-state index >= 15 is 0 Å². The van der Waals surface area contributed by atoms with Crippen LogP contribution in [-0.2, 0) is 19.1 Å². The van der Waals surface area contributed by atoms with Gasteiger partial charge in [0, 0.05) is 13.0 Å². The Morgan fingerprint density at radius 1 is 0.667 bits per heavy atom. The standard InChI is InChI=1S/C35H68N2O8/c1-3-5-7-9-11-13-14-15-16-17-18-20-22-24-30(39)37-28(34(43)36-25-23-21-19-12-10-8-6-4-2)27-44-35-33(42)32(41)31(40)29(26-38)45-35/h28-29,31-33,35,38,40-42H,3-27H2,1-2H3,(H,36,43)(H,37,39)/t28-,29+,31-,32-,33+,35-/m0/s1. The smallest absolute Gasteiger partial charge is 0.244 e. The van der Waals surface area contributed by atoms with E-state index in [9.17, 15) is 30.0 Å². The van der Waals surface area contributed by atoms with E-state index < -0.39 is 43.4 Å². The van der Waals surface area contributed by atoms with Crippen LogP contribution in [0.5, 0.6) is 0 Å². The van der Waals surface area contributed by atoms with E-state index in [-0.39, 0.29) is 18.4 Å². The number of aliphatic hydroxyl groups is 4. The Kier molecular flexibility index (Phi) is 25.8. The zero-order valence-corrected chi connectivity index (χ0v) is 28.6. The van der Waals surface area contributed by atoms with Crippen LogP contribution in [0.2, 0.25) is 0 Å². The van der Waals surface area contributed by atoms with Crippen molar-refractivity contribution in [3.8, 4) is 0 Å². The Morgan fingerprint density at radius 2 is 1.13 bits per heavy atom. The van der Waals surface area contributed by atoms with E-state index in [0.29, 0.717) is 13.0 Å². The fourth-order valence-electron chi connectivity index (χ4n) is 5.74. The van der Waals surface area contributed by atoms with Gasteiger partial charge in [-0.05, 0) is 12.8 Å². The molecule has 1 heterocycles. The Balaban J connectivity index is 2.42. The van der Waals surface area contributed by atoms with Crippen LogP contribution in [0.15, 0.2) is 0 Å². The lowest BCUT2D eigenvalue weighted by atomic mass is 9.99.